The molecule has 0 saturated heterocycles. The van der Waals surface area contributed by atoms with Gasteiger partial charge in [0.2, 0.25) is 0 Å². The predicted molar refractivity (Wildman–Crippen MR) is 113 cm³/mol. The molecule has 0 aromatic heterocycles. The molecule has 0 aliphatic rings. The van der Waals surface area contributed by atoms with Crippen LogP contribution in [0.5, 0.6) is 11.5 Å². The second kappa shape index (κ2) is 10.9. The summed E-state index contributed by atoms with van der Waals surface area (Å²) >= 11 is 0. The van der Waals surface area contributed by atoms with Gasteiger partial charge in [-0.15, -0.1) is 0 Å². The van der Waals surface area contributed by atoms with Crippen LogP contribution in [0, 0.1) is 12.8 Å². The van der Waals surface area contributed by atoms with Crippen molar-refractivity contribution in [1.29, 1.82) is 0 Å². The summed E-state index contributed by atoms with van der Waals surface area (Å²) in [6.45, 7) is 6.32. The van der Waals surface area contributed by atoms with Crippen LogP contribution in [0.4, 0.5) is 5.69 Å². The van der Waals surface area contributed by atoms with Crippen molar-refractivity contribution in [3.05, 3.63) is 59.7 Å². The minimum Gasteiger partial charge on any atom is -0.493 e. The lowest BCUT2D eigenvalue weighted by atomic mass is 10.2. The fourth-order valence-electron chi connectivity index (χ4n) is 2.35. The topological polar surface area (TPSA) is 73.9 Å². The number of amides is 1. The first-order valence-electron chi connectivity index (χ1n) is 9.39. The standard InChI is InChI=1S/C23H27NO5/c1-16(2)14-28-20-11-7-18(13-21(20)27-4)8-12-23(26)29-15-22(25)24-19-9-5-17(3)6-10-19/h5-13,16H,14-15H2,1-4H3,(H,24,25)/b12-8+. The number of methoxy groups -OCH3 is 1. The lowest BCUT2D eigenvalue weighted by Crippen LogP contribution is -2.20. The molecule has 0 fully saturated rings. The Bertz CT molecular complexity index is 856. The molecule has 0 spiro atoms. The van der Waals surface area contributed by atoms with Crippen LogP contribution in [0.2, 0.25) is 0 Å². The predicted octanol–water partition coefficient (Wildman–Crippen LogP) is 4.23. The average molecular weight is 397 g/mol. The maximum absolute atomic E-state index is 11.9. The Hall–Kier alpha value is -3.28. The minimum atomic E-state index is -0.608. The number of rotatable bonds is 9. The van der Waals surface area contributed by atoms with Crippen LogP contribution in [0.15, 0.2) is 48.5 Å². The molecule has 0 saturated carbocycles. The molecular weight excluding hydrogens is 370 g/mol. The fourth-order valence-corrected chi connectivity index (χ4v) is 2.35. The van der Waals surface area contributed by atoms with Crippen molar-refractivity contribution < 1.29 is 23.8 Å². The van der Waals surface area contributed by atoms with E-state index in [2.05, 4.69) is 19.2 Å². The molecule has 2 rings (SSSR count). The van der Waals surface area contributed by atoms with E-state index in [9.17, 15) is 9.59 Å². The zero-order valence-electron chi connectivity index (χ0n) is 17.2. The molecule has 0 unspecified atom stereocenters. The van der Waals surface area contributed by atoms with Gasteiger partial charge in [0.15, 0.2) is 18.1 Å². The maximum Gasteiger partial charge on any atom is 0.331 e. The summed E-state index contributed by atoms with van der Waals surface area (Å²) in [5, 5.41) is 2.67. The molecule has 2 aromatic carbocycles. The van der Waals surface area contributed by atoms with Crippen molar-refractivity contribution >= 4 is 23.6 Å². The molecule has 0 aliphatic heterocycles. The van der Waals surface area contributed by atoms with Crippen LogP contribution in [-0.4, -0.2) is 32.2 Å². The summed E-state index contributed by atoms with van der Waals surface area (Å²) < 4.78 is 16.0. The lowest BCUT2D eigenvalue weighted by Gasteiger charge is -2.12. The summed E-state index contributed by atoms with van der Waals surface area (Å²) in [5.74, 6) is 0.622. The van der Waals surface area contributed by atoms with Gasteiger partial charge in [0.25, 0.3) is 5.91 Å². The molecule has 6 nitrogen and oxygen atoms in total. The van der Waals surface area contributed by atoms with Crippen molar-refractivity contribution in [3.8, 4) is 11.5 Å². The Kier molecular flexibility index (Phi) is 8.27. The van der Waals surface area contributed by atoms with Gasteiger partial charge >= 0.3 is 5.97 Å². The lowest BCUT2D eigenvalue weighted by molar-refractivity contribution is -0.142. The molecule has 1 N–H and O–H groups in total. The van der Waals surface area contributed by atoms with Crippen molar-refractivity contribution in [2.24, 2.45) is 5.92 Å². The van der Waals surface area contributed by atoms with E-state index >= 15 is 0 Å². The molecule has 0 heterocycles. The Balaban J connectivity index is 1.86. The first-order valence-corrected chi connectivity index (χ1v) is 9.39. The summed E-state index contributed by atoms with van der Waals surface area (Å²) in [7, 11) is 1.56. The third-order valence-corrected chi connectivity index (χ3v) is 3.85. The number of carbonyl (C=O) groups excluding carboxylic acids is 2. The van der Waals surface area contributed by atoms with Gasteiger partial charge < -0.3 is 19.5 Å². The number of esters is 1. The number of nitrogens with one attached hydrogen (secondary N) is 1. The van der Waals surface area contributed by atoms with Crippen LogP contribution in [-0.2, 0) is 14.3 Å². The number of carbonyl (C=O) groups is 2. The molecular formula is C23H27NO5. The van der Waals surface area contributed by atoms with E-state index in [4.69, 9.17) is 14.2 Å². The van der Waals surface area contributed by atoms with Crippen molar-refractivity contribution in [2.45, 2.75) is 20.8 Å². The number of hydrogen-bond donors (Lipinski definition) is 1. The largest absolute Gasteiger partial charge is 0.493 e. The Labute approximate surface area is 171 Å². The van der Waals surface area contributed by atoms with E-state index in [1.54, 1.807) is 37.5 Å². The number of benzene rings is 2. The van der Waals surface area contributed by atoms with Crippen LogP contribution >= 0.6 is 0 Å². The Morgan fingerprint density at radius 2 is 1.79 bits per heavy atom. The smallest absolute Gasteiger partial charge is 0.331 e. The zero-order chi connectivity index (χ0) is 21.2. The zero-order valence-corrected chi connectivity index (χ0v) is 17.2. The highest BCUT2D eigenvalue weighted by molar-refractivity contribution is 5.94. The first kappa shape index (κ1) is 22.0. The first-order chi connectivity index (χ1) is 13.9. The van der Waals surface area contributed by atoms with E-state index in [1.807, 2.05) is 25.1 Å². The summed E-state index contributed by atoms with van der Waals surface area (Å²) in [4.78, 5) is 23.7. The van der Waals surface area contributed by atoms with E-state index in [0.717, 1.165) is 11.1 Å². The highest BCUT2D eigenvalue weighted by Crippen LogP contribution is 2.29. The van der Waals surface area contributed by atoms with Crippen molar-refractivity contribution in [3.63, 3.8) is 0 Å². The molecule has 2 aromatic rings. The van der Waals surface area contributed by atoms with Crippen LogP contribution in [0.1, 0.15) is 25.0 Å². The molecule has 0 radical (unpaired) electrons. The monoisotopic (exact) mass is 397 g/mol. The van der Waals surface area contributed by atoms with Gasteiger partial charge in [-0.1, -0.05) is 37.6 Å². The maximum atomic E-state index is 11.9. The second-order valence-corrected chi connectivity index (χ2v) is 6.97. The highest BCUT2D eigenvalue weighted by atomic mass is 16.5. The average Bonchev–Trinajstić information content (AvgIpc) is 2.71. The normalized spacial score (nSPS) is 10.8. The molecule has 0 aliphatic carbocycles. The molecule has 0 atom stereocenters. The molecule has 6 heteroatoms. The van der Waals surface area contributed by atoms with E-state index in [1.165, 1.54) is 6.08 Å². The van der Waals surface area contributed by atoms with Gasteiger partial charge in [-0.25, -0.2) is 4.79 Å². The van der Waals surface area contributed by atoms with Crippen LogP contribution in [0.3, 0.4) is 0 Å². The van der Waals surface area contributed by atoms with E-state index in [0.29, 0.717) is 29.7 Å². The number of aryl methyl sites for hydroxylation is 1. The Morgan fingerprint density at radius 1 is 1.07 bits per heavy atom. The van der Waals surface area contributed by atoms with Crippen LogP contribution < -0.4 is 14.8 Å². The quantitative estimate of drug-likeness (QED) is 0.506. The highest BCUT2D eigenvalue weighted by Gasteiger charge is 2.08. The fraction of sp³-hybridized carbons (Fsp3) is 0.304. The van der Waals surface area contributed by atoms with Gasteiger partial charge in [-0.2, -0.15) is 0 Å². The third kappa shape index (κ3) is 7.70. The molecule has 154 valence electrons. The molecule has 29 heavy (non-hydrogen) atoms. The van der Waals surface area contributed by atoms with Gasteiger partial charge in [0, 0.05) is 11.8 Å². The van der Waals surface area contributed by atoms with Gasteiger partial charge in [-0.3, -0.25) is 4.79 Å². The summed E-state index contributed by atoms with van der Waals surface area (Å²) in [6, 6.07) is 12.7. The number of anilines is 1. The van der Waals surface area contributed by atoms with E-state index in [-0.39, 0.29) is 6.61 Å². The SMILES string of the molecule is COc1cc(/C=C/C(=O)OCC(=O)Nc2ccc(C)cc2)ccc1OCC(C)C. The van der Waals surface area contributed by atoms with Crippen molar-refractivity contribution in [1.82, 2.24) is 0 Å². The van der Waals surface area contributed by atoms with E-state index < -0.39 is 11.9 Å². The Morgan fingerprint density at radius 3 is 2.45 bits per heavy atom. The molecule has 0 bridgehead atoms. The second-order valence-electron chi connectivity index (χ2n) is 6.97. The van der Waals surface area contributed by atoms with Gasteiger partial charge in [-0.05, 0) is 48.7 Å². The van der Waals surface area contributed by atoms with Crippen molar-refractivity contribution in [2.75, 3.05) is 25.6 Å². The van der Waals surface area contributed by atoms with Crippen LogP contribution in [0.25, 0.3) is 6.08 Å². The summed E-state index contributed by atoms with van der Waals surface area (Å²) in [6.07, 6.45) is 2.86. The number of ether oxygens (including phenoxy) is 3. The number of hydrogen-bond acceptors (Lipinski definition) is 5. The van der Waals surface area contributed by atoms with Gasteiger partial charge in [0.1, 0.15) is 0 Å². The van der Waals surface area contributed by atoms with Gasteiger partial charge in [0.05, 0.1) is 13.7 Å². The third-order valence-electron chi connectivity index (χ3n) is 3.85. The molecule has 1 amide bonds. The summed E-state index contributed by atoms with van der Waals surface area (Å²) in [5.41, 5.74) is 2.49. The minimum absolute atomic E-state index is 0.359.